The summed E-state index contributed by atoms with van der Waals surface area (Å²) in [6.45, 7) is 10.9. The van der Waals surface area contributed by atoms with Crippen LogP contribution in [0.5, 0.6) is 0 Å². The van der Waals surface area contributed by atoms with Crippen molar-refractivity contribution in [1.29, 1.82) is 0 Å². The van der Waals surface area contributed by atoms with Gasteiger partial charge in [0.1, 0.15) is 8.07 Å². The summed E-state index contributed by atoms with van der Waals surface area (Å²) in [6, 6.07) is 7.92. The minimum absolute atomic E-state index is 0.166. The third-order valence-electron chi connectivity index (χ3n) is 3.46. The number of benzene rings is 1. The quantitative estimate of drug-likeness (QED) is 0.511. The van der Waals surface area contributed by atoms with E-state index >= 15 is 0 Å². The Labute approximate surface area is 111 Å². The second-order valence-corrected chi connectivity index (χ2v) is 11.3. The van der Waals surface area contributed by atoms with Crippen LogP contribution in [-0.4, -0.2) is 13.9 Å². The first kappa shape index (κ1) is 13.1. The van der Waals surface area contributed by atoms with Gasteiger partial charge in [-0.1, -0.05) is 63.7 Å². The van der Waals surface area contributed by atoms with Crippen molar-refractivity contribution >= 4 is 13.9 Å². The molecule has 0 N–H and O–H groups in total. The molecule has 0 aromatic heterocycles. The van der Waals surface area contributed by atoms with Crippen molar-refractivity contribution in [2.45, 2.75) is 38.9 Å². The molecule has 1 aliphatic rings. The van der Waals surface area contributed by atoms with Gasteiger partial charge in [0.2, 0.25) is 0 Å². The van der Waals surface area contributed by atoms with E-state index < -0.39 is 8.07 Å². The Bertz CT molecular complexity index is 552. The lowest BCUT2D eigenvalue weighted by Gasteiger charge is -2.23. The Morgan fingerprint density at radius 1 is 1.17 bits per heavy atom. The van der Waals surface area contributed by atoms with Crippen molar-refractivity contribution in [3.63, 3.8) is 0 Å². The van der Waals surface area contributed by atoms with Crippen LogP contribution in [0.3, 0.4) is 0 Å². The van der Waals surface area contributed by atoms with E-state index in [1.807, 2.05) is 18.2 Å². The molecular formula is C16H20OSi. The highest BCUT2D eigenvalue weighted by Crippen LogP contribution is 2.42. The molecule has 0 saturated heterocycles. The summed E-state index contributed by atoms with van der Waals surface area (Å²) in [7, 11) is -1.43. The fraction of sp³-hybridized carbons (Fsp3) is 0.438. The molecule has 0 bridgehead atoms. The van der Waals surface area contributed by atoms with E-state index in [1.165, 1.54) is 0 Å². The van der Waals surface area contributed by atoms with E-state index in [0.717, 1.165) is 11.1 Å². The number of rotatable bonds is 0. The molecule has 2 heteroatoms. The van der Waals surface area contributed by atoms with Crippen LogP contribution in [0.15, 0.2) is 24.3 Å². The molecule has 2 rings (SSSR count). The van der Waals surface area contributed by atoms with Gasteiger partial charge in [-0.05, 0) is 5.56 Å². The molecule has 0 fully saturated rings. The minimum atomic E-state index is -1.43. The smallest absolute Gasteiger partial charge is 0.178 e. The molecular weight excluding hydrogens is 236 g/mol. The SMILES string of the molecule is CC1(C)c2ccccc2C(=O)C1C#C[Si](C)(C)C. The molecule has 1 unspecified atom stereocenters. The van der Waals surface area contributed by atoms with E-state index in [9.17, 15) is 4.79 Å². The fourth-order valence-electron chi connectivity index (χ4n) is 2.43. The summed E-state index contributed by atoms with van der Waals surface area (Å²) in [5, 5.41) is 0. The Kier molecular flexibility index (Phi) is 2.99. The maximum Gasteiger partial charge on any atom is 0.178 e. The second kappa shape index (κ2) is 4.10. The van der Waals surface area contributed by atoms with Gasteiger partial charge in [-0.15, -0.1) is 5.54 Å². The predicted molar refractivity (Wildman–Crippen MR) is 78.4 cm³/mol. The molecule has 1 aliphatic carbocycles. The van der Waals surface area contributed by atoms with Gasteiger partial charge in [0.25, 0.3) is 0 Å². The standard InChI is InChI=1S/C16H20OSi/c1-16(2)13-9-7-6-8-12(13)15(17)14(16)10-11-18(3,4)5/h6-9,14H,1-5H3. The third kappa shape index (κ3) is 2.15. The van der Waals surface area contributed by atoms with Crippen LogP contribution < -0.4 is 0 Å². The van der Waals surface area contributed by atoms with Gasteiger partial charge in [-0.3, -0.25) is 4.79 Å². The summed E-state index contributed by atoms with van der Waals surface area (Å²) < 4.78 is 0. The van der Waals surface area contributed by atoms with E-state index in [1.54, 1.807) is 0 Å². The van der Waals surface area contributed by atoms with Gasteiger partial charge in [0.05, 0.1) is 5.92 Å². The topological polar surface area (TPSA) is 17.1 Å². The molecule has 0 aliphatic heterocycles. The lowest BCUT2D eigenvalue weighted by molar-refractivity contribution is 0.0938. The van der Waals surface area contributed by atoms with E-state index in [0.29, 0.717) is 0 Å². The molecule has 1 atom stereocenters. The number of ketones is 1. The zero-order valence-corrected chi connectivity index (χ0v) is 12.8. The number of hydrogen-bond donors (Lipinski definition) is 0. The first-order valence-electron chi connectivity index (χ1n) is 6.40. The lowest BCUT2D eigenvalue weighted by Crippen LogP contribution is -2.27. The Morgan fingerprint density at radius 2 is 1.78 bits per heavy atom. The second-order valence-electron chi connectivity index (χ2n) is 6.58. The highest BCUT2D eigenvalue weighted by atomic mass is 28.3. The zero-order chi connectivity index (χ0) is 13.6. The highest BCUT2D eigenvalue weighted by Gasteiger charge is 2.44. The molecule has 0 saturated carbocycles. The molecule has 0 heterocycles. The molecule has 18 heavy (non-hydrogen) atoms. The minimum Gasteiger partial charge on any atom is -0.293 e. The van der Waals surface area contributed by atoms with Crippen molar-refractivity contribution in [3.05, 3.63) is 35.4 Å². The first-order valence-corrected chi connectivity index (χ1v) is 9.90. The average molecular weight is 256 g/mol. The molecule has 0 radical (unpaired) electrons. The van der Waals surface area contributed by atoms with E-state index in [4.69, 9.17) is 0 Å². The molecule has 1 aromatic rings. The highest BCUT2D eigenvalue weighted by molar-refractivity contribution is 6.83. The number of fused-ring (bicyclic) bond motifs is 1. The van der Waals surface area contributed by atoms with E-state index in [-0.39, 0.29) is 17.1 Å². The van der Waals surface area contributed by atoms with Crippen molar-refractivity contribution in [3.8, 4) is 11.5 Å². The number of Topliss-reactive ketones (excluding diaryl/α,β-unsaturated/α-hetero) is 1. The largest absolute Gasteiger partial charge is 0.293 e. The monoisotopic (exact) mass is 256 g/mol. The van der Waals surface area contributed by atoms with Crippen LogP contribution in [0.2, 0.25) is 19.6 Å². The summed E-state index contributed by atoms with van der Waals surface area (Å²) in [5.41, 5.74) is 5.19. The van der Waals surface area contributed by atoms with Gasteiger partial charge >= 0.3 is 0 Å². The van der Waals surface area contributed by atoms with Gasteiger partial charge in [-0.25, -0.2) is 0 Å². The van der Waals surface area contributed by atoms with Crippen molar-refractivity contribution < 1.29 is 4.79 Å². The zero-order valence-electron chi connectivity index (χ0n) is 11.8. The van der Waals surface area contributed by atoms with Crippen LogP contribution in [0.4, 0.5) is 0 Å². The molecule has 0 spiro atoms. The van der Waals surface area contributed by atoms with Crippen LogP contribution in [0, 0.1) is 17.4 Å². The summed E-state index contributed by atoms with van der Waals surface area (Å²) in [6.07, 6.45) is 0. The Hall–Kier alpha value is -1.33. The predicted octanol–water partition coefficient (Wildman–Crippen LogP) is 3.66. The maximum absolute atomic E-state index is 12.4. The average Bonchev–Trinajstić information content (AvgIpc) is 2.45. The summed E-state index contributed by atoms with van der Waals surface area (Å²) in [4.78, 5) is 12.4. The first-order chi connectivity index (χ1) is 8.23. The summed E-state index contributed by atoms with van der Waals surface area (Å²) >= 11 is 0. The van der Waals surface area contributed by atoms with Crippen molar-refractivity contribution in [1.82, 2.24) is 0 Å². The molecule has 94 valence electrons. The van der Waals surface area contributed by atoms with Crippen LogP contribution in [-0.2, 0) is 5.41 Å². The van der Waals surface area contributed by atoms with Gasteiger partial charge in [0.15, 0.2) is 5.78 Å². The number of carbonyl (C=O) groups excluding carboxylic acids is 1. The van der Waals surface area contributed by atoms with Crippen molar-refractivity contribution in [2.75, 3.05) is 0 Å². The van der Waals surface area contributed by atoms with Crippen LogP contribution in [0.1, 0.15) is 29.8 Å². The maximum atomic E-state index is 12.4. The van der Waals surface area contributed by atoms with Crippen LogP contribution >= 0.6 is 0 Å². The van der Waals surface area contributed by atoms with Gasteiger partial charge in [-0.2, -0.15) is 0 Å². The third-order valence-corrected chi connectivity index (χ3v) is 4.36. The van der Waals surface area contributed by atoms with Crippen molar-refractivity contribution in [2.24, 2.45) is 5.92 Å². The molecule has 1 nitrogen and oxygen atoms in total. The summed E-state index contributed by atoms with van der Waals surface area (Å²) in [5.74, 6) is 3.29. The lowest BCUT2D eigenvalue weighted by atomic mass is 9.79. The van der Waals surface area contributed by atoms with Crippen LogP contribution in [0.25, 0.3) is 0 Å². The Balaban J connectivity index is 2.48. The van der Waals surface area contributed by atoms with Gasteiger partial charge in [0, 0.05) is 11.0 Å². The van der Waals surface area contributed by atoms with E-state index in [2.05, 4.69) is 51.0 Å². The fourth-order valence-corrected chi connectivity index (χ4v) is 3.01. The number of hydrogen-bond acceptors (Lipinski definition) is 1. The number of carbonyl (C=O) groups is 1. The molecule has 1 aromatic carbocycles. The normalized spacial score (nSPS) is 21.2. The van der Waals surface area contributed by atoms with Gasteiger partial charge < -0.3 is 0 Å². The Morgan fingerprint density at radius 3 is 2.33 bits per heavy atom. The molecule has 0 amide bonds.